The highest BCUT2D eigenvalue weighted by atomic mass is 19.1. The largest absolute Gasteiger partial charge is 0.312 e. The predicted molar refractivity (Wildman–Crippen MR) is 73.4 cm³/mol. The van der Waals surface area contributed by atoms with Gasteiger partial charge in [-0.1, -0.05) is 27.7 Å². The summed E-state index contributed by atoms with van der Waals surface area (Å²) in [6.45, 7) is 9.83. The van der Waals surface area contributed by atoms with Gasteiger partial charge in [0.1, 0.15) is 5.82 Å². The Labute approximate surface area is 113 Å². The van der Waals surface area contributed by atoms with Gasteiger partial charge >= 0.3 is 0 Å². The Morgan fingerprint density at radius 1 is 1.37 bits per heavy atom. The van der Waals surface area contributed by atoms with Crippen LogP contribution in [0.15, 0.2) is 18.2 Å². The third-order valence-electron chi connectivity index (χ3n) is 3.41. The number of non-ortho nitro benzene ring substituents is 1. The summed E-state index contributed by atoms with van der Waals surface area (Å²) in [7, 11) is 0. The zero-order valence-corrected chi connectivity index (χ0v) is 11.9. The highest BCUT2D eigenvalue weighted by Gasteiger charge is 2.19. The van der Waals surface area contributed by atoms with E-state index in [0.717, 1.165) is 12.6 Å². The van der Waals surface area contributed by atoms with E-state index in [0.29, 0.717) is 18.0 Å². The molecule has 0 heterocycles. The standard InChI is InChI=1S/C14H21FN2O2/c1-10(14(2,3)4)8-16-9-11-5-12(15)7-13(6-11)17(18)19/h5-7,10,16H,8-9H2,1-4H3. The van der Waals surface area contributed by atoms with Crippen molar-refractivity contribution < 1.29 is 9.31 Å². The molecule has 0 amide bonds. The van der Waals surface area contributed by atoms with Gasteiger partial charge in [-0.25, -0.2) is 4.39 Å². The molecule has 4 nitrogen and oxygen atoms in total. The number of halogens is 1. The van der Waals surface area contributed by atoms with Gasteiger partial charge in [-0.2, -0.15) is 0 Å². The van der Waals surface area contributed by atoms with Crippen LogP contribution < -0.4 is 5.32 Å². The molecule has 0 aliphatic rings. The van der Waals surface area contributed by atoms with Crippen molar-refractivity contribution in [3.8, 4) is 0 Å². The van der Waals surface area contributed by atoms with Crippen molar-refractivity contribution in [2.45, 2.75) is 34.2 Å². The second-order valence-corrected chi connectivity index (χ2v) is 5.97. The Morgan fingerprint density at radius 2 is 2.00 bits per heavy atom. The fourth-order valence-corrected chi connectivity index (χ4v) is 1.58. The van der Waals surface area contributed by atoms with Gasteiger partial charge in [-0.3, -0.25) is 10.1 Å². The van der Waals surface area contributed by atoms with Crippen molar-refractivity contribution in [2.75, 3.05) is 6.54 Å². The van der Waals surface area contributed by atoms with Gasteiger partial charge in [0, 0.05) is 12.6 Å². The molecule has 1 aromatic rings. The molecule has 1 atom stereocenters. The summed E-state index contributed by atoms with van der Waals surface area (Å²) in [6, 6.07) is 3.65. The Morgan fingerprint density at radius 3 is 2.53 bits per heavy atom. The molecule has 1 aromatic carbocycles. The molecule has 0 spiro atoms. The predicted octanol–water partition coefficient (Wildman–Crippen LogP) is 3.51. The first-order valence-corrected chi connectivity index (χ1v) is 6.34. The molecule has 1 unspecified atom stereocenters. The summed E-state index contributed by atoms with van der Waals surface area (Å²) >= 11 is 0. The number of nitro groups is 1. The van der Waals surface area contributed by atoms with Gasteiger partial charge in [0.15, 0.2) is 0 Å². The van der Waals surface area contributed by atoms with Crippen LogP contribution >= 0.6 is 0 Å². The van der Waals surface area contributed by atoms with E-state index in [1.807, 2.05) is 0 Å². The van der Waals surface area contributed by atoms with Crippen LogP contribution in [0.5, 0.6) is 0 Å². The highest BCUT2D eigenvalue weighted by molar-refractivity contribution is 5.35. The normalized spacial score (nSPS) is 13.3. The summed E-state index contributed by atoms with van der Waals surface area (Å²) in [6.07, 6.45) is 0. The monoisotopic (exact) mass is 268 g/mol. The van der Waals surface area contributed by atoms with Crippen LogP contribution in [0.25, 0.3) is 0 Å². The molecule has 106 valence electrons. The van der Waals surface area contributed by atoms with E-state index < -0.39 is 10.7 Å². The summed E-state index contributed by atoms with van der Waals surface area (Å²) in [5, 5.41) is 13.8. The molecule has 5 heteroatoms. The third-order valence-corrected chi connectivity index (χ3v) is 3.41. The summed E-state index contributed by atoms with van der Waals surface area (Å²) in [4.78, 5) is 10.1. The maximum Gasteiger partial charge on any atom is 0.272 e. The lowest BCUT2D eigenvalue weighted by Crippen LogP contribution is -2.29. The first kappa shape index (κ1) is 15.6. The average Bonchev–Trinajstić information content (AvgIpc) is 2.26. The molecule has 0 saturated carbocycles. The van der Waals surface area contributed by atoms with E-state index in [1.54, 1.807) is 0 Å². The Kier molecular flexibility index (Phi) is 5.00. The summed E-state index contributed by atoms with van der Waals surface area (Å²) in [5.74, 6) is -0.120. The lowest BCUT2D eigenvalue weighted by atomic mass is 9.82. The second-order valence-electron chi connectivity index (χ2n) is 5.97. The third kappa shape index (κ3) is 4.95. The van der Waals surface area contributed by atoms with Crippen LogP contribution in [0.4, 0.5) is 10.1 Å². The lowest BCUT2D eigenvalue weighted by Gasteiger charge is -2.27. The van der Waals surface area contributed by atoms with E-state index in [4.69, 9.17) is 0 Å². The average molecular weight is 268 g/mol. The Balaban J connectivity index is 2.61. The van der Waals surface area contributed by atoms with Crippen LogP contribution in [0.3, 0.4) is 0 Å². The van der Waals surface area contributed by atoms with Crippen LogP contribution in [0.1, 0.15) is 33.3 Å². The van der Waals surface area contributed by atoms with Crippen molar-refractivity contribution in [3.63, 3.8) is 0 Å². The molecular formula is C14H21FN2O2. The molecule has 19 heavy (non-hydrogen) atoms. The van der Waals surface area contributed by atoms with Gasteiger partial charge < -0.3 is 5.32 Å². The number of benzene rings is 1. The van der Waals surface area contributed by atoms with Crippen molar-refractivity contribution in [1.29, 1.82) is 0 Å². The van der Waals surface area contributed by atoms with E-state index in [2.05, 4.69) is 33.0 Å². The summed E-state index contributed by atoms with van der Waals surface area (Å²) < 4.78 is 13.2. The van der Waals surface area contributed by atoms with E-state index in [-0.39, 0.29) is 11.1 Å². The Bertz CT molecular complexity index is 455. The molecule has 0 aromatic heterocycles. The van der Waals surface area contributed by atoms with Crippen LogP contribution in [0.2, 0.25) is 0 Å². The fraction of sp³-hybridized carbons (Fsp3) is 0.571. The van der Waals surface area contributed by atoms with Gasteiger partial charge in [0.25, 0.3) is 5.69 Å². The molecular weight excluding hydrogens is 247 g/mol. The summed E-state index contributed by atoms with van der Waals surface area (Å²) in [5.41, 5.74) is 0.578. The maximum absolute atomic E-state index is 13.2. The number of nitrogens with one attached hydrogen (secondary N) is 1. The zero-order chi connectivity index (χ0) is 14.6. The maximum atomic E-state index is 13.2. The number of hydrogen-bond acceptors (Lipinski definition) is 3. The lowest BCUT2D eigenvalue weighted by molar-refractivity contribution is -0.385. The van der Waals surface area contributed by atoms with Crippen LogP contribution in [-0.4, -0.2) is 11.5 Å². The van der Waals surface area contributed by atoms with Gasteiger partial charge in [-0.15, -0.1) is 0 Å². The smallest absolute Gasteiger partial charge is 0.272 e. The highest BCUT2D eigenvalue weighted by Crippen LogP contribution is 2.24. The van der Waals surface area contributed by atoms with Gasteiger partial charge in [0.2, 0.25) is 0 Å². The minimum absolute atomic E-state index is 0.195. The number of nitrogens with zero attached hydrogens (tertiary/aromatic N) is 1. The van der Waals surface area contributed by atoms with Crippen LogP contribution in [-0.2, 0) is 6.54 Å². The molecule has 0 radical (unpaired) electrons. The molecule has 0 saturated heterocycles. The van der Waals surface area contributed by atoms with Crippen LogP contribution in [0, 0.1) is 27.3 Å². The minimum Gasteiger partial charge on any atom is -0.312 e. The Hall–Kier alpha value is -1.49. The number of nitro benzene ring substituents is 1. The van der Waals surface area contributed by atoms with Gasteiger partial charge in [0.05, 0.1) is 11.0 Å². The SMILES string of the molecule is CC(CNCc1cc(F)cc([N+](=O)[O-])c1)C(C)(C)C. The first-order valence-electron chi connectivity index (χ1n) is 6.34. The molecule has 1 rings (SSSR count). The van der Waals surface area contributed by atoms with Crippen molar-refractivity contribution in [1.82, 2.24) is 5.32 Å². The molecule has 0 bridgehead atoms. The van der Waals surface area contributed by atoms with Crippen molar-refractivity contribution >= 4 is 5.69 Å². The van der Waals surface area contributed by atoms with E-state index in [1.165, 1.54) is 12.1 Å². The van der Waals surface area contributed by atoms with Gasteiger partial charge in [-0.05, 0) is 29.5 Å². The zero-order valence-electron chi connectivity index (χ0n) is 11.9. The molecule has 0 aliphatic heterocycles. The molecule has 0 fully saturated rings. The van der Waals surface area contributed by atoms with Crippen molar-refractivity contribution in [2.24, 2.45) is 11.3 Å². The number of rotatable bonds is 5. The van der Waals surface area contributed by atoms with E-state index >= 15 is 0 Å². The molecule has 0 aliphatic carbocycles. The topological polar surface area (TPSA) is 55.2 Å². The fourth-order valence-electron chi connectivity index (χ4n) is 1.58. The minimum atomic E-state index is -0.579. The van der Waals surface area contributed by atoms with E-state index in [9.17, 15) is 14.5 Å². The van der Waals surface area contributed by atoms with Crippen molar-refractivity contribution in [3.05, 3.63) is 39.7 Å². The molecule has 1 N–H and O–H groups in total. The number of hydrogen-bond donors (Lipinski definition) is 1. The first-order chi connectivity index (χ1) is 8.70. The second kappa shape index (κ2) is 6.10. The quantitative estimate of drug-likeness (QED) is 0.656.